The SMILES string of the molecule is [Ba+2].c1ccc([B-](c2ccccc2)(c2ccccc2)c2ccccc2)cc1.c1ccc([B-](c2ccccc2)(c2ccccc2)c2ccccc2)cc1. The molecule has 0 saturated carbocycles. The maximum absolute atomic E-state index is 2.26. The van der Waals surface area contributed by atoms with Gasteiger partial charge in [0.05, 0.1) is 0 Å². The van der Waals surface area contributed by atoms with E-state index in [1.807, 2.05) is 0 Å². The minimum Gasteiger partial charge on any atom is -0.195 e. The van der Waals surface area contributed by atoms with Gasteiger partial charge in [-0.05, 0) is 0 Å². The van der Waals surface area contributed by atoms with Gasteiger partial charge in [-0.3, -0.25) is 0 Å². The smallest absolute Gasteiger partial charge is 0.195 e. The van der Waals surface area contributed by atoms with Gasteiger partial charge in [-0.2, -0.15) is 43.7 Å². The average molecular weight is 776 g/mol. The van der Waals surface area contributed by atoms with E-state index in [9.17, 15) is 0 Å². The van der Waals surface area contributed by atoms with Crippen LogP contribution in [0, 0.1) is 0 Å². The van der Waals surface area contributed by atoms with E-state index in [0.29, 0.717) is 0 Å². The molecule has 0 fully saturated rings. The molecule has 0 nitrogen and oxygen atoms in total. The summed E-state index contributed by atoms with van der Waals surface area (Å²) in [4.78, 5) is 0. The topological polar surface area (TPSA) is 0 Å². The van der Waals surface area contributed by atoms with Crippen LogP contribution in [0.5, 0.6) is 0 Å². The van der Waals surface area contributed by atoms with Crippen LogP contribution in [-0.2, 0) is 0 Å². The summed E-state index contributed by atoms with van der Waals surface area (Å²) >= 11 is 0. The minimum atomic E-state index is -1.22. The Hall–Kier alpha value is -4.54. The molecule has 0 atom stereocenters. The molecule has 0 radical (unpaired) electrons. The van der Waals surface area contributed by atoms with Gasteiger partial charge in [0, 0.05) is 0 Å². The van der Waals surface area contributed by atoms with E-state index in [2.05, 4.69) is 243 Å². The standard InChI is InChI=1S/2C24H20B.Ba/c2*1-5-13-21(14-6-1)25(22-15-7-2-8-16-22,23-17-9-3-10-18-23)24-19-11-4-12-20-24;/h2*1-20H;/q2*-1;+2. The number of rotatable bonds is 8. The molecular formula is C48H40B2Ba. The predicted molar refractivity (Wildman–Crippen MR) is 226 cm³/mol. The summed E-state index contributed by atoms with van der Waals surface area (Å²) in [5.74, 6) is 0. The van der Waals surface area contributed by atoms with Gasteiger partial charge in [-0.15, -0.1) is 0 Å². The normalized spacial score (nSPS) is 11.0. The second kappa shape index (κ2) is 17.6. The third kappa shape index (κ3) is 7.44. The maximum atomic E-state index is 2.26. The molecule has 240 valence electrons. The summed E-state index contributed by atoms with van der Waals surface area (Å²) in [6.07, 6.45) is -2.43. The van der Waals surface area contributed by atoms with Gasteiger partial charge in [0.1, 0.15) is 12.3 Å². The van der Waals surface area contributed by atoms with E-state index in [1.54, 1.807) is 0 Å². The van der Waals surface area contributed by atoms with Crippen molar-refractivity contribution in [3.8, 4) is 0 Å². The summed E-state index contributed by atoms with van der Waals surface area (Å²) in [6.45, 7) is 0. The monoisotopic (exact) mass is 776 g/mol. The first-order chi connectivity index (χ1) is 24.8. The number of hydrogen-bond donors (Lipinski definition) is 0. The summed E-state index contributed by atoms with van der Waals surface area (Å²) < 4.78 is 0. The fourth-order valence-corrected chi connectivity index (χ4v) is 8.24. The zero-order valence-corrected chi connectivity index (χ0v) is 33.4. The van der Waals surface area contributed by atoms with Crippen molar-refractivity contribution < 1.29 is 0 Å². The fraction of sp³-hybridized carbons (Fsp3) is 0. The quantitative estimate of drug-likeness (QED) is 0.173. The van der Waals surface area contributed by atoms with Crippen LogP contribution in [0.25, 0.3) is 0 Å². The Morgan fingerprint density at radius 2 is 0.255 bits per heavy atom. The second-order valence-corrected chi connectivity index (χ2v) is 13.0. The fourth-order valence-electron chi connectivity index (χ4n) is 8.24. The van der Waals surface area contributed by atoms with E-state index in [0.717, 1.165) is 0 Å². The van der Waals surface area contributed by atoms with Crippen LogP contribution in [0.4, 0.5) is 0 Å². The maximum Gasteiger partial charge on any atom is 2.00 e. The molecule has 0 aliphatic heterocycles. The van der Waals surface area contributed by atoms with Crippen molar-refractivity contribution in [1.82, 2.24) is 0 Å². The zero-order chi connectivity index (χ0) is 33.9. The van der Waals surface area contributed by atoms with Gasteiger partial charge in [-0.1, -0.05) is 243 Å². The van der Waals surface area contributed by atoms with Crippen LogP contribution < -0.4 is 43.7 Å². The van der Waals surface area contributed by atoms with E-state index in [1.165, 1.54) is 43.7 Å². The van der Waals surface area contributed by atoms with Gasteiger partial charge in [-0.25, -0.2) is 0 Å². The number of benzene rings is 8. The molecule has 8 rings (SSSR count). The first kappa shape index (κ1) is 36.3. The minimum absolute atomic E-state index is 0. The van der Waals surface area contributed by atoms with E-state index in [-0.39, 0.29) is 48.9 Å². The molecular weight excluding hydrogens is 735 g/mol. The third-order valence-corrected chi connectivity index (χ3v) is 10.4. The molecule has 3 heteroatoms. The van der Waals surface area contributed by atoms with Crippen molar-refractivity contribution in [3.63, 3.8) is 0 Å². The Morgan fingerprint density at radius 3 is 0.353 bits per heavy atom. The third-order valence-electron chi connectivity index (χ3n) is 10.4. The van der Waals surface area contributed by atoms with E-state index in [4.69, 9.17) is 0 Å². The zero-order valence-electron chi connectivity index (χ0n) is 29.0. The van der Waals surface area contributed by atoms with Gasteiger partial charge < -0.3 is 0 Å². The molecule has 51 heavy (non-hydrogen) atoms. The Labute approximate surface area is 344 Å². The van der Waals surface area contributed by atoms with Gasteiger partial charge in [0.15, 0.2) is 0 Å². The molecule has 0 spiro atoms. The molecule has 0 saturated heterocycles. The molecule has 0 bridgehead atoms. The molecule has 0 heterocycles. The van der Waals surface area contributed by atoms with Crippen LogP contribution in [0.2, 0.25) is 0 Å². The Bertz CT molecular complexity index is 1680. The Kier molecular flexibility index (Phi) is 12.5. The largest absolute Gasteiger partial charge is 2.00 e. The average Bonchev–Trinajstić information content (AvgIpc) is 3.22. The first-order valence-electron chi connectivity index (χ1n) is 17.6. The van der Waals surface area contributed by atoms with Crippen LogP contribution >= 0.6 is 0 Å². The molecule has 0 aromatic heterocycles. The summed E-state index contributed by atoms with van der Waals surface area (Å²) in [6, 6.07) is 87.1. The van der Waals surface area contributed by atoms with Crippen LogP contribution in [0.3, 0.4) is 0 Å². The predicted octanol–water partition coefficient (Wildman–Crippen LogP) is 5.75. The summed E-state index contributed by atoms with van der Waals surface area (Å²) in [5, 5.41) is 0. The van der Waals surface area contributed by atoms with Crippen molar-refractivity contribution in [2.24, 2.45) is 0 Å². The molecule has 0 unspecified atom stereocenters. The summed E-state index contributed by atoms with van der Waals surface area (Å²) in [5.41, 5.74) is 10.7. The molecule has 8 aromatic carbocycles. The van der Waals surface area contributed by atoms with Gasteiger partial charge in [0.25, 0.3) is 0 Å². The van der Waals surface area contributed by atoms with Crippen LogP contribution in [0.15, 0.2) is 243 Å². The van der Waals surface area contributed by atoms with Crippen molar-refractivity contribution in [1.29, 1.82) is 0 Å². The first-order valence-corrected chi connectivity index (χ1v) is 17.6. The van der Waals surface area contributed by atoms with Crippen molar-refractivity contribution in [2.75, 3.05) is 0 Å². The molecule has 0 aliphatic carbocycles. The Balaban J connectivity index is 0.000000172. The van der Waals surface area contributed by atoms with Gasteiger partial charge in [0.2, 0.25) is 0 Å². The van der Waals surface area contributed by atoms with Gasteiger partial charge >= 0.3 is 48.9 Å². The van der Waals surface area contributed by atoms with Crippen molar-refractivity contribution >= 4 is 105 Å². The van der Waals surface area contributed by atoms with E-state index < -0.39 is 12.3 Å². The molecule has 0 amide bonds. The van der Waals surface area contributed by atoms with E-state index >= 15 is 0 Å². The van der Waals surface area contributed by atoms with Crippen LogP contribution in [0.1, 0.15) is 0 Å². The Morgan fingerprint density at radius 1 is 0.157 bits per heavy atom. The summed E-state index contributed by atoms with van der Waals surface area (Å²) in [7, 11) is 0. The second-order valence-electron chi connectivity index (χ2n) is 13.0. The molecule has 8 aromatic rings. The van der Waals surface area contributed by atoms with Crippen LogP contribution in [-0.4, -0.2) is 61.2 Å². The molecule has 0 aliphatic rings. The van der Waals surface area contributed by atoms with Crippen molar-refractivity contribution in [3.05, 3.63) is 243 Å². The molecule has 0 N–H and O–H groups in total. The van der Waals surface area contributed by atoms with Crippen molar-refractivity contribution in [2.45, 2.75) is 0 Å². The number of hydrogen-bond acceptors (Lipinski definition) is 0.